The van der Waals surface area contributed by atoms with Gasteiger partial charge in [0.25, 0.3) is 0 Å². The average Bonchev–Trinajstić information content (AvgIpc) is 1.73. The Kier molecular flexibility index (Phi) is 30.2. The van der Waals surface area contributed by atoms with Gasteiger partial charge in [0.2, 0.25) is 70.9 Å². The number of halogens is 11. The summed E-state index contributed by atoms with van der Waals surface area (Å²) in [6, 6.07) is -9.17. The van der Waals surface area contributed by atoms with E-state index in [2.05, 4.69) is 16.0 Å². The van der Waals surface area contributed by atoms with Crippen molar-refractivity contribution in [2.75, 3.05) is 102 Å². The lowest BCUT2D eigenvalue weighted by Gasteiger charge is -2.46. The van der Waals surface area contributed by atoms with Gasteiger partial charge in [-0.3, -0.25) is 57.5 Å². The third-order valence-electron chi connectivity index (χ3n) is 21.6. The molecule has 3 aliphatic heterocycles. The van der Waals surface area contributed by atoms with Gasteiger partial charge in [0.15, 0.2) is 0 Å². The first kappa shape index (κ1) is 89.2. The maximum atomic E-state index is 15.5. The molecule has 1 spiro atoms. The van der Waals surface area contributed by atoms with Crippen molar-refractivity contribution in [1.82, 2.24) is 60.0 Å². The second-order valence-corrected chi connectivity index (χ2v) is 29.5. The lowest BCUT2D eigenvalue weighted by atomic mass is 9.74. The van der Waals surface area contributed by atoms with Crippen LogP contribution in [0.3, 0.4) is 0 Å². The second kappa shape index (κ2) is 37.5. The van der Waals surface area contributed by atoms with Gasteiger partial charge >= 0.3 is 18.5 Å². The molecule has 2 bridgehead atoms. The minimum atomic E-state index is -5.49. The van der Waals surface area contributed by atoms with E-state index in [4.69, 9.17) is 9.47 Å². The fourth-order valence-corrected chi connectivity index (χ4v) is 14.8. The van der Waals surface area contributed by atoms with E-state index < -0.39 is 248 Å². The Morgan fingerprint density at radius 1 is 0.667 bits per heavy atom. The molecule has 2 aliphatic carbocycles. The van der Waals surface area contributed by atoms with Gasteiger partial charge in [-0.05, 0) is 112 Å². The highest BCUT2D eigenvalue weighted by atomic mass is 19.4. The molecule has 3 heterocycles. The number of likely N-dealkylation sites (N-methyl/N-ethyl adjacent to an activating group) is 7. The molecular weight excluding hydrogens is 1490 g/mol. The zero-order chi connectivity index (χ0) is 82.7. The normalized spacial score (nSPS) is 25.8. The number of amides is 12. The Labute approximate surface area is 636 Å². The van der Waals surface area contributed by atoms with Crippen molar-refractivity contribution < 1.29 is 115 Å². The Bertz CT molecular complexity index is 3740. The van der Waals surface area contributed by atoms with E-state index in [9.17, 15) is 68.3 Å². The molecule has 26 nitrogen and oxygen atoms in total. The van der Waals surface area contributed by atoms with Crippen molar-refractivity contribution in [3.05, 3.63) is 82.4 Å². The molecule has 2 aromatic rings. The Morgan fingerprint density at radius 2 is 1.29 bits per heavy atom. The van der Waals surface area contributed by atoms with E-state index in [1.807, 2.05) is 0 Å². The molecule has 37 heteroatoms. The smallest absolute Gasteiger partial charge is 0.377 e. The molecule has 2 aromatic carbocycles. The zero-order valence-corrected chi connectivity index (χ0v) is 63.9. The van der Waals surface area contributed by atoms with Gasteiger partial charge in [-0.1, -0.05) is 57.4 Å². The van der Waals surface area contributed by atoms with Gasteiger partial charge in [-0.25, -0.2) is 8.78 Å². The van der Waals surface area contributed by atoms with Crippen LogP contribution in [0, 0.1) is 23.5 Å². The maximum absolute atomic E-state index is 15.5. The predicted octanol–water partition coefficient (Wildman–Crippen LogP) is 5.27. The van der Waals surface area contributed by atoms with E-state index in [-0.39, 0.29) is 57.2 Å². The summed E-state index contributed by atoms with van der Waals surface area (Å²) in [6.07, 6.45) is -14.0. The summed E-state index contributed by atoms with van der Waals surface area (Å²) in [4.78, 5) is 189. The van der Waals surface area contributed by atoms with Gasteiger partial charge in [0, 0.05) is 88.9 Å². The van der Waals surface area contributed by atoms with Crippen LogP contribution in [0.2, 0.25) is 0 Å². The van der Waals surface area contributed by atoms with E-state index >= 15 is 37.5 Å². The van der Waals surface area contributed by atoms with Crippen molar-refractivity contribution in [3.8, 4) is 0 Å². The topological polar surface area (TPSA) is 289 Å². The van der Waals surface area contributed by atoms with Gasteiger partial charge in [0.1, 0.15) is 77.7 Å². The van der Waals surface area contributed by atoms with Crippen molar-refractivity contribution in [2.24, 2.45) is 11.8 Å². The zero-order valence-electron chi connectivity index (χ0n) is 63.9. The van der Waals surface area contributed by atoms with Crippen LogP contribution in [0.25, 0.3) is 0 Å². The highest BCUT2D eigenvalue weighted by Crippen LogP contribution is 2.40. The molecular formula is C74H99F11N12O14. The minimum absolute atomic E-state index is 0.0163. The largest absolute Gasteiger partial charge is 0.422 e. The molecule has 5 aliphatic rings. The molecule has 12 amide bonds. The summed E-state index contributed by atoms with van der Waals surface area (Å²) in [5, 5.41) is 7.85. The van der Waals surface area contributed by atoms with Crippen LogP contribution < -0.4 is 16.0 Å². The van der Waals surface area contributed by atoms with Crippen LogP contribution in [0.1, 0.15) is 126 Å². The van der Waals surface area contributed by atoms with Crippen LogP contribution >= 0.6 is 0 Å². The number of benzene rings is 2. The van der Waals surface area contributed by atoms with Crippen molar-refractivity contribution in [3.63, 3.8) is 0 Å². The van der Waals surface area contributed by atoms with Gasteiger partial charge in [0.05, 0.1) is 37.8 Å². The fraction of sp³-hybridized carbons (Fsp3) is 0.649. The third kappa shape index (κ3) is 22.0. The van der Waals surface area contributed by atoms with Crippen molar-refractivity contribution in [1.29, 1.82) is 0 Å². The molecule has 0 radical (unpaired) electrons. The van der Waals surface area contributed by atoms with E-state index in [1.165, 1.54) is 42.2 Å². The SMILES string of the molecule is CCO[C@@H]1C[C@H]2C(=O)NC3(CCC3)C(=O)N(C)[C@@H](C3CCCC3)C(=O)N(C)[C@H](C(=O)N(C)C)CC(=O)N(C)[C@@H](COCC(F)(F)F)C(=O)N[C@@H]([C@@H](C)CC)C(=O)N(C)CC(=O)N(C)[C@H]3C/C=C\CCN(C3=O)[C@@H](Cc3ccc(C(F)(F)F)cc3)C(=O)N(C)CC(=O)N[C@@H](CCc3cc(F)c(C(F)(F)F)c(F)c3)C(=O)N2C1. The number of nitrogens with one attached hydrogen (secondary N) is 3. The first-order valence-electron chi connectivity index (χ1n) is 36.8. The number of rotatable bonds is 14. The molecule has 0 unspecified atom stereocenters. The molecule has 3 N–H and O–H groups in total. The molecule has 4 fully saturated rings. The number of carbonyl (C=O) groups is 12. The maximum Gasteiger partial charge on any atom is 0.422 e. The Morgan fingerprint density at radius 3 is 1.85 bits per heavy atom. The molecule has 2 saturated carbocycles. The highest BCUT2D eigenvalue weighted by Gasteiger charge is 2.54. The number of aryl methyl sites for hydroxylation is 1. The van der Waals surface area contributed by atoms with E-state index in [0.29, 0.717) is 49.1 Å². The molecule has 2 saturated heterocycles. The lowest BCUT2D eigenvalue weighted by molar-refractivity contribution is -0.179. The van der Waals surface area contributed by atoms with Crippen LogP contribution in [0.4, 0.5) is 48.3 Å². The third-order valence-corrected chi connectivity index (χ3v) is 21.6. The average molecular weight is 1590 g/mol. The first-order valence-corrected chi connectivity index (χ1v) is 36.8. The molecule has 0 aromatic heterocycles. The number of fused-ring (bicyclic) bond motifs is 3. The fourth-order valence-electron chi connectivity index (χ4n) is 14.8. The predicted molar refractivity (Wildman–Crippen MR) is 376 cm³/mol. The van der Waals surface area contributed by atoms with Crippen LogP contribution in [-0.2, 0) is 92.2 Å². The van der Waals surface area contributed by atoms with Gasteiger partial charge < -0.3 is 69.5 Å². The summed E-state index contributed by atoms with van der Waals surface area (Å²) in [7, 11) is 9.58. The molecule has 616 valence electrons. The van der Waals surface area contributed by atoms with Gasteiger partial charge in [-0.2, -0.15) is 39.5 Å². The summed E-state index contributed by atoms with van der Waals surface area (Å²) in [5.74, 6) is -17.4. The summed E-state index contributed by atoms with van der Waals surface area (Å²) in [5.41, 5.74) is -5.48. The second-order valence-electron chi connectivity index (χ2n) is 29.5. The number of hydrogen-bond acceptors (Lipinski definition) is 14. The molecule has 7 rings (SSSR count). The summed E-state index contributed by atoms with van der Waals surface area (Å²) >= 11 is 0. The summed E-state index contributed by atoms with van der Waals surface area (Å²) in [6.45, 7) is -0.859. The Balaban J connectivity index is 1.36. The van der Waals surface area contributed by atoms with Gasteiger partial charge in [-0.15, -0.1) is 0 Å². The number of hydrogen-bond donors (Lipinski definition) is 3. The standard InChI is InChI=1S/C74H99F11N12O14/c1-12-42(3)60-68(107)91(7)39-58(100)92(8)51-22-15-14-18-31-96(67(51)106)54(34-43-23-26-46(27-24-43)73(80,81)82)66(105)90(6)38-56(98)86-50(28-25-44-32-48(75)59(49(76)33-44)74(83,84)85)64(103)97-37-47(111-13-2)35-52(97)63(102)88-71(29-19-30-71)70(109)95(11)61(45-20-16-17-21-45)69(108)94(10)53(65(104)89(4)5)36-57(99)93(9)55(62(101)87-60)40-110-41-72(77,78)79/h14-15,23-24,26-27,32-33,42,45,47,50-55,60-61H,12-13,16-22,25,28-31,34-41H2,1-11H3,(H,86,98)(H,87,101)(H,88,102)/b15-14-/t42-,47+,50-,51-,52-,53-,54-,55-,60-,61-/m0/s1. The van der Waals surface area contributed by atoms with E-state index in [1.54, 1.807) is 26.0 Å². The highest BCUT2D eigenvalue weighted by molar-refractivity contribution is 6.01. The lowest BCUT2D eigenvalue weighted by Crippen LogP contribution is -2.68. The van der Waals surface area contributed by atoms with Crippen molar-refractivity contribution >= 4 is 70.9 Å². The number of alkyl halides is 9. The van der Waals surface area contributed by atoms with Crippen LogP contribution in [0.5, 0.6) is 0 Å². The van der Waals surface area contributed by atoms with Crippen LogP contribution in [-0.4, -0.2) is 284 Å². The number of nitrogens with zero attached hydrogens (tertiary/aromatic N) is 9. The van der Waals surface area contributed by atoms with Crippen molar-refractivity contribution in [2.45, 2.75) is 196 Å². The molecule has 111 heavy (non-hydrogen) atoms. The molecule has 10 atom stereocenters. The van der Waals surface area contributed by atoms with E-state index in [0.717, 1.165) is 84.6 Å². The first-order chi connectivity index (χ1) is 51.9. The number of ether oxygens (including phenoxy) is 2. The number of carbonyl (C=O) groups excluding carboxylic acids is 12. The minimum Gasteiger partial charge on any atom is -0.377 e. The monoisotopic (exact) mass is 1590 g/mol. The summed E-state index contributed by atoms with van der Waals surface area (Å²) < 4.78 is 166. The Hall–Kier alpha value is -9.03. The van der Waals surface area contributed by atoms with Crippen LogP contribution in [0.15, 0.2) is 48.6 Å². The quantitative estimate of drug-likeness (QED) is 0.161.